The lowest BCUT2D eigenvalue weighted by Gasteiger charge is -2.29. The normalized spacial score (nSPS) is 14.5. The maximum absolute atomic E-state index is 6.72. The second-order valence-electron chi connectivity index (χ2n) is 5.15. The number of aryl methyl sites for hydroxylation is 1. The highest BCUT2D eigenvalue weighted by Crippen LogP contribution is 2.42. The van der Waals surface area contributed by atoms with Crippen LogP contribution in [0.3, 0.4) is 0 Å². The van der Waals surface area contributed by atoms with E-state index in [1.54, 1.807) is 0 Å². The third kappa shape index (κ3) is 5.60. The largest absolute Gasteiger partial charge is 0.258 e. The highest BCUT2D eigenvalue weighted by molar-refractivity contribution is 7.48. The van der Waals surface area contributed by atoms with Crippen molar-refractivity contribution in [3.05, 3.63) is 35.4 Å². The fraction of sp³-hybridized carbons (Fsp3) is 0.538. The summed E-state index contributed by atoms with van der Waals surface area (Å²) in [6.07, 6.45) is 0.951. The maximum atomic E-state index is 6.72. The van der Waals surface area contributed by atoms with Crippen molar-refractivity contribution >= 4 is 57.7 Å². The van der Waals surface area contributed by atoms with E-state index < -0.39 is 13.4 Å². The van der Waals surface area contributed by atoms with Crippen molar-refractivity contribution in [3.8, 4) is 0 Å². The Morgan fingerprint density at radius 3 is 2.11 bits per heavy atom. The van der Waals surface area contributed by atoms with Gasteiger partial charge in [-0.2, -0.15) is 0 Å². The monoisotopic (exact) mass is 372 g/mol. The summed E-state index contributed by atoms with van der Waals surface area (Å²) in [6, 6.07) is 9.85. The molecule has 0 N–H and O–H groups in total. The number of benzene rings is 1. The zero-order valence-electron chi connectivity index (χ0n) is 11.5. The summed E-state index contributed by atoms with van der Waals surface area (Å²) in [5.74, 6) is 0. The first-order valence-corrected chi connectivity index (χ1v) is 15.5. The van der Waals surface area contributed by atoms with E-state index in [4.69, 9.17) is 44.3 Å². The van der Waals surface area contributed by atoms with Crippen molar-refractivity contribution in [2.45, 2.75) is 44.4 Å². The van der Waals surface area contributed by atoms with Crippen LogP contribution in [0.25, 0.3) is 0 Å². The molecule has 0 fully saturated rings. The van der Waals surface area contributed by atoms with Crippen LogP contribution in [0, 0.1) is 6.92 Å². The lowest BCUT2D eigenvalue weighted by Crippen LogP contribution is -2.32. The second kappa shape index (κ2) is 7.19. The van der Waals surface area contributed by atoms with Gasteiger partial charge in [-0.1, -0.05) is 31.2 Å². The summed E-state index contributed by atoms with van der Waals surface area (Å²) in [5.41, 5.74) is 2.76. The fourth-order valence-electron chi connectivity index (χ4n) is 2.28. The van der Waals surface area contributed by atoms with Crippen LogP contribution in [0.15, 0.2) is 24.3 Å². The van der Waals surface area contributed by atoms with Crippen molar-refractivity contribution in [1.82, 2.24) is 0 Å². The number of halogens is 4. The molecule has 19 heavy (non-hydrogen) atoms. The molecular weight excluding hydrogens is 354 g/mol. The molecule has 0 bridgehead atoms. The molecule has 0 amide bonds. The van der Waals surface area contributed by atoms with Crippen molar-refractivity contribution < 1.29 is 0 Å². The molecule has 0 nitrogen and oxygen atoms in total. The van der Waals surface area contributed by atoms with Gasteiger partial charge in [-0.3, -0.25) is 0 Å². The van der Waals surface area contributed by atoms with Gasteiger partial charge in [0, 0.05) is 5.54 Å². The summed E-state index contributed by atoms with van der Waals surface area (Å²) in [4.78, 5) is 0. The summed E-state index contributed by atoms with van der Waals surface area (Å²) in [6.45, 7) is 1.64. The molecule has 0 spiro atoms. The third-order valence-corrected chi connectivity index (χ3v) is 11.5. The van der Waals surface area contributed by atoms with Gasteiger partial charge in [-0.15, -0.1) is 44.3 Å². The number of hydrogen-bond donors (Lipinski definition) is 0. The first-order valence-electron chi connectivity index (χ1n) is 6.48. The molecule has 1 aromatic carbocycles. The molecule has 1 rings (SSSR count). The Labute approximate surface area is 137 Å². The van der Waals surface area contributed by atoms with E-state index >= 15 is 0 Å². The van der Waals surface area contributed by atoms with Gasteiger partial charge in [0.1, 0.15) is 0 Å². The lowest BCUT2D eigenvalue weighted by molar-refractivity contribution is 0.849. The van der Waals surface area contributed by atoms with Gasteiger partial charge >= 0.3 is 0 Å². The quantitative estimate of drug-likeness (QED) is 0.394. The van der Waals surface area contributed by atoms with Gasteiger partial charge < -0.3 is 0 Å². The topological polar surface area (TPSA) is 0 Å². The minimum atomic E-state index is -2.40. The van der Waals surface area contributed by atoms with E-state index in [-0.39, 0.29) is 5.54 Å². The summed E-state index contributed by atoms with van der Waals surface area (Å²) in [7, 11) is 0. The predicted molar refractivity (Wildman–Crippen MR) is 94.6 cm³/mol. The van der Waals surface area contributed by atoms with E-state index in [0.29, 0.717) is 0 Å². The lowest BCUT2D eigenvalue weighted by atomic mass is 10.0. The molecule has 0 heterocycles. The summed E-state index contributed by atoms with van der Waals surface area (Å²) in [5, 5.41) is 0. The Bertz CT molecular complexity index is 415. The van der Waals surface area contributed by atoms with Crippen LogP contribution in [-0.2, 0) is 0 Å². The van der Waals surface area contributed by atoms with Crippen LogP contribution in [-0.4, -0.2) is 13.4 Å². The molecule has 0 radical (unpaired) electrons. The molecule has 1 aromatic rings. The van der Waals surface area contributed by atoms with E-state index in [1.807, 2.05) is 18.7 Å². The Balaban J connectivity index is 2.92. The van der Waals surface area contributed by atoms with Gasteiger partial charge in [-0.25, -0.2) is 0 Å². The Morgan fingerprint density at radius 2 is 1.63 bits per heavy atom. The SMILES string of the molecule is CCC(c1ccccc1C)[Si](Cl)(Cl)CC[Si](C)(Cl)Cl. The molecule has 108 valence electrons. The third-order valence-electron chi connectivity index (χ3n) is 3.38. The van der Waals surface area contributed by atoms with E-state index in [9.17, 15) is 0 Å². The smallest absolute Gasteiger partial charge is 0.146 e. The van der Waals surface area contributed by atoms with Crippen LogP contribution in [0.4, 0.5) is 0 Å². The van der Waals surface area contributed by atoms with Crippen LogP contribution >= 0.6 is 44.3 Å². The van der Waals surface area contributed by atoms with Gasteiger partial charge in [0.15, 0.2) is 0 Å². The van der Waals surface area contributed by atoms with E-state index in [2.05, 4.69) is 26.0 Å². The molecule has 0 saturated carbocycles. The second-order valence-corrected chi connectivity index (χ2v) is 20.7. The molecule has 1 atom stereocenters. The average Bonchev–Trinajstić information content (AvgIpc) is 2.29. The Morgan fingerprint density at radius 1 is 1.05 bits per heavy atom. The number of rotatable bonds is 6. The first kappa shape index (κ1) is 17.9. The van der Waals surface area contributed by atoms with Crippen molar-refractivity contribution in [1.29, 1.82) is 0 Å². The maximum Gasteiger partial charge on any atom is 0.258 e. The Hall–Kier alpha value is 0.814. The van der Waals surface area contributed by atoms with Crippen LogP contribution in [0.1, 0.15) is 30.0 Å². The molecule has 0 saturated heterocycles. The number of hydrogen-bond acceptors (Lipinski definition) is 0. The highest BCUT2D eigenvalue weighted by Gasteiger charge is 2.40. The average molecular weight is 374 g/mol. The zero-order valence-corrected chi connectivity index (χ0v) is 16.5. The van der Waals surface area contributed by atoms with E-state index in [0.717, 1.165) is 18.5 Å². The van der Waals surface area contributed by atoms with E-state index in [1.165, 1.54) is 11.1 Å². The summed E-state index contributed by atoms with van der Waals surface area (Å²) >= 11 is 25.8. The van der Waals surface area contributed by atoms with Crippen LogP contribution < -0.4 is 0 Å². The Kier molecular flexibility index (Phi) is 6.76. The molecule has 0 aliphatic carbocycles. The van der Waals surface area contributed by atoms with Gasteiger partial charge in [0.05, 0.1) is 0 Å². The molecular formula is C13H20Cl4Si2. The summed E-state index contributed by atoms with van der Waals surface area (Å²) < 4.78 is 0. The molecule has 0 aliphatic heterocycles. The first-order chi connectivity index (χ1) is 8.67. The van der Waals surface area contributed by atoms with Gasteiger partial charge in [0.2, 0.25) is 6.69 Å². The van der Waals surface area contributed by atoms with Gasteiger partial charge in [0.25, 0.3) is 6.69 Å². The van der Waals surface area contributed by atoms with Gasteiger partial charge in [-0.05, 0) is 43.1 Å². The standard InChI is InChI=1S/C13H20Cl4Si2/c1-4-13(12-8-6-5-7-11(12)2)19(16,17)10-9-18(3,14)15/h5-8,13H,4,9-10H2,1-3H3. The van der Waals surface area contributed by atoms with Crippen molar-refractivity contribution in [3.63, 3.8) is 0 Å². The highest BCUT2D eigenvalue weighted by atomic mass is 35.7. The minimum Gasteiger partial charge on any atom is -0.146 e. The van der Waals surface area contributed by atoms with Crippen LogP contribution in [0.5, 0.6) is 0 Å². The molecule has 0 aromatic heterocycles. The fourth-order valence-corrected chi connectivity index (χ4v) is 12.1. The molecule has 6 heteroatoms. The van der Waals surface area contributed by atoms with Crippen molar-refractivity contribution in [2.75, 3.05) is 0 Å². The molecule has 0 aliphatic rings. The molecule has 1 unspecified atom stereocenters. The predicted octanol–water partition coefficient (Wildman–Crippen LogP) is 6.50. The van der Waals surface area contributed by atoms with Crippen LogP contribution in [0.2, 0.25) is 18.6 Å². The minimum absolute atomic E-state index is 0.238. The zero-order chi connectivity index (χ0) is 14.7. The van der Waals surface area contributed by atoms with Crippen molar-refractivity contribution in [2.24, 2.45) is 0 Å².